The van der Waals surface area contributed by atoms with Crippen LogP contribution in [0.15, 0.2) is 53.6 Å². The molecule has 1 amide bonds. The van der Waals surface area contributed by atoms with Gasteiger partial charge in [0.15, 0.2) is 0 Å². The minimum absolute atomic E-state index is 0.137. The maximum Gasteiger partial charge on any atom is 0.431 e. The van der Waals surface area contributed by atoms with E-state index in [0.29, 0.717) is 18.3 Å². The number of ether oxygens (including phenoxy) is 2. The van der Waals surface area contributed by atoms with E-state index in [9.17, 15) is 22.8 Å². The van der Waals surface area contributed by atoms with Gasteiger partial charge in [-0.25, -0.2) is 0 Å². The first-order valence-electron chi connectivity index (χ1n) is 10.1. The summed E-state index contributed by atoms with van der Waals surface area (Å²) >= 11 is 0. The van der Waals surface area contributed by atoms with Crippen LogP contribution in [-0.2, 0) is 17.5 Å². The second-order valence-corrected chi connectivity index (χ2v) is 7.66. The molecule has 3 aromatic rings. The van der Waals surface area contributed by atoms with Crippen LogP contribution < -0.4 is 16.0 Å². The number of hydrogen-bond donors (Lipinski definition) is 2. The lowest BCUT2D eigenvalue weighted by atomic mass is 9.99. The average Bonchev–Trinajstić information content (AvgIpc) is 3.32. The lowest BCUT2D eigenvalue weighted by Gasteiger charge is -2.14. The standard InChI is InChI=1S/C23H20F3N3O4/c24-23(25,26)20-18(8-19(21(27)30)22(31)29-20)14-1-3-17(4-2-14)33-11-13-7-16(10-28-9-13)15-5-6-32-12-15/h1-4,7-10,15H,5-6,11-12H2,(H2,27,30)(H,29,31). The molecule has 33 heavy (non-hydrogen) atoms. The van der Waals surface area contributed by atoms with Crippen LogP contribution in [0.25, 0.3) is 11.1 Å². The minimum atomic E-state index is -4.83. The predicted molar refractivity (Wildman–Crippen MR) is 113 cm³/mol. The molecule has 4 rings (SSSR count). The number of carbonyl (C=O) groups excluding carboxylic acids is 1. The number of hydrogen-bond acceptors (Lipinski definition) is 5. The first kappa shape index (κ1) is 22.5. The van der Waals surface area contributed by atoms with E-state index in [0.717, 1.165) is 30.2 Å². The van der Waals surface area contributed by atoms with E-state index in [2.05, 4.69) is 4.98 Å². The van der Waals surface area contributed by atoms with E-state index in [1.54, 1.807) is 17.4 Å². The Morgan fingerprint density at radius 1 is 1.21 bits per heavy atom. The topological polar surface area (TPSA) is 107 Å². The SMILES string of the molecule is NC(=O)c1cc(-c2ccc(OCc3cncc(C4CCOC4)c3)cc2)c(C(F)(F)F)[nH]c1=O. The van der Waals surface area contributed by atoms with Crippen LogP contribution in [0, 0.1) is 0 Å². The highest BCUT2D eigenvalue weighted by molar-refractivity contribution is 5.94. The van der Waals surface area contributed by atoms with Crippen molar-refractivity contribution in [1.82, 2.24) is 9.97 Å². The number of nitrogens with two attached hydrogens (primary N) is 1. The third kappa shape index (κ3) is 5.06. The van der Waals surface area contributed by atoms with Crippen LogP contribution in [0.2, 0.25) is 0 Å². The first-order chi connectivity index (χ1) is 15.7. The van der Waals surface area contributed by atoms with Crippen LogP contribution in [0.4, 0.5) is 13.2 Å². The van der Waals surface area contributed by atoms with Crippen molar-refractivity contribution in [2.75, 3.05) is 13.2 Å². The predicted octanol–water partition coefficient (Wildman–Crippen LogP) is 3.64. The smallest absolute Gasteiger partial charge is 0.431 e. The van der Waals surface area contributed by atoms with E-state index in [-0.39, 0.29) is 17.7 Å². The van der Waals surface area contributed by atoms with Gasteiger partial charge in [-0.2, -0.15) is 13.2 Å². The molecule has 0 aliphatic carbocycles. The van der Waals surface area contributed by atoms with E-state index in [4.69, 9.17) is 15.2 Å². The zero-order chi connectivity index (χ0) is 23.6. The molecule has 172 valence electrons. The van der Waals surface area contributed by atoms with Crippen LogP contribution >= 0.6 is 0 Å². The molecular formula is C23H20F3N3O4. The average molecular weight is 459 g/mol. The normalized spacial score (nSPS) is 16.0. The largest absolute Gasteiger partial charge is 0.489 e. The molecule has 1 unspecified atom stereocenters. The molecule has 1 atom stereocenters. The molecule has 1 aliphatic heterocycles. The fraction of sp³-hybridized carbons (Fsp3) is 0.261. The van der Waals surface area contributed by atoms with E-state index < -0.39 is 28.9 Å². The quantitative estimate of drug-likeness (QED) is 0.585. The molecule has 0 radical (unpaired) electrons. The number of nitrogens with zero attached hydrogens (tertiary/aromatic N) is 1. The summed E-state index contributed by atoms with van der Waals surface area (Å²) in [4.78, 5) is 29.2. The monoisotopic (exact) mass is 459 g/mol. The maximum atomic E-state index is 13.5. The number of aromatic amines is 1. The van der Waals surface area contributed by atoms with Crippen LogP contribution in [0.1, 0.15) is 39.5 Å². The van der Waals surface area contributed by atoms with Gasteiger partial charge in [-0.1, -0.05) is 12.1 Å². The highest BCUT2D eigenvalue weighted by Gasteiger charge is 2.36. The summed E-state index contributed by atoms with van der Waals surface area (Å²) in [6.45, 7) is 1.62. The number of H-pyrrole nitrogens is 1. The van der Waals surface area contributed by atoms with E-state index >= 15 is 0 Å². The minimum Gasteiger partial charge on any atom is -0.489 e. The molecule has 10 heteroatoms. The number of halogens is 3. The number of pyridine rings is 2. The number of primary amides is 1. The molecule has 1 aromatic carbocycles. The highest BCUT2D eigenvalue weighted by atomic mass is 19.4. The molecule has 1 fully saturated rings. The van der Waals surface area contributed by atoms with Gasteiger partial charge in [-0.15, -0.1) is 0 Å². The van der Waals surface area contributed by atoms with Gasteiger partial charge in [-0.3, -0.25) is 14.6 Å². The Morgan fingerprint density at radius 2 is 1.97 bits per heavy atom. The molecule has 0 spiro atoms. The Hall–Kier alpha value is -3.66. The molecule has 3 heterocycles. The van der Waals surface area contributed by atoms with Crippen molar-refractivity contribution < 1.29 is 27.4 Å². The number of carbonyl (C=O) groups is 1. The Labute approximate surface area is 186 Å². The van der Waals surface area contributed by atoms with Crippen molar-refractivity contribution in [2.24, 2.45) is 5.73 Å². The van der Waals surface area contributed by atoms with Crippen molar-refractivity contribution >= 4 is 5.91 Å². The lowest BCUT2D eigenvalue weighted by Crippen LogP contribution is -2.27. The molecule has 0 bridgehead atoms. The molecule has 1 saturated heterocycles. The number of benzene rings is 1. The third-order valence-electron chi connectivity index (χ3n) is 5.38. The number of aromatic nitrogens is 2. The van der Waals surface area contributed by atoms with Crippen LogP contribution in [0.5, 0.6) is 5.75 Å². The number of nitrogens with one attached hydrogen (secondary N) is 1. The van der Waals surface area contributed by atoms with Gasteiger partial charge in [0.1, 0.15) is 23.6 Å². The Bertz CT molecular complexity index is 1220. The van der Waals surface area contributed by atoms with Crippen molar-refractivity contribution in [2.45, 2.75) is 25.1 Å². The molecule has 3 N–H and O–H groups in total. The fourth-order valence-corrected chi connectivity index (χ4v) is 3.67. The van der Waals surface area contributed by atoms with Gasteiger partial charge >= 0.3 is 6.18 Å². The number of rotatable bonds is 6. The molecular weight excluding hydrogens is 439 g/mol. The fourth-order valence-electron chi connectivity index (χ4n) is 3.67. The van der Waals surface area contributed by atoms with Gasteiger partial charge in [-0.05, 0) is 41.8 Å². The summed E-state index contributed by atoms with van der Waals surface area (Å²) in [5, 5.41) is 0. The van der Waals surface area contributed by atoms with Gasteiger partial charge in [0.05, 0.1) is 6.61 Å². The Morgan fingerprint density at radius 3 is 2.61 bits per heavy atom. The maximum absolute atomic E-state index is 13.5. The molecule has 0 saturated carbocycles. The molecule has 1 aliphatic rings. The summed E-state index contributed by atoms with van der Waals surface area (Å²) in [6.07, 6.45) is -0.396. The van der Waals surface area contributed by atoms with Gasteiger partial charge < -0.3 is 20.2 Å². The summed E-state index contributed by atoms with van der Waals surface area (Å²) < 4.78 is 51.5. The number of alkyl halides is 3. The van der Waals surface area contributed by atoms with Crippen molar-refractivity contribution in [1.29, 1.82) is 0 Å². The van der Waals surface area contributed by atoms with Crippen molar-refractivity contribution in [3.8, 4) is 16.9 Å². The van der Waals surface area contributed by atoms with Crippen molar-refractivity contribution in [3.63, 3.8) is 0 Å². The third-order valence-corrected chi connectivity index (χ3v) is 5.38. The lowest BCUT2D eigenvalue weighted by molar-refractivity contribution is -0.140. The van der Waals surface area contributed by atoms with Crippen LogP contribution in [-0.4, -0.2) is 29.1 Å². The zero-order valence-corrected chi connectivity index (χ0v) is 17.3. The number of amides is 1. The summed E-state index contributed by atoms with van der Waals surface area (Å²) in [7, 11) is 0. The highest BCUT2D eigenvalue weighted by Crippen LogP contribution is 2.36. The Balaban J connectivity index is 1.54. The summed E-state index contributed by atoms with van der Waals surface area (Å²) in [5.41, 5.74) is 3.81. The Kier molecular flexibility index (Phi) is 6.19. The first-order valence-corrected chi connectivity index (χ1v) is 10.1. The molecule has 2 aromatic heterocycles. The van der Waals surface area contributed by atoms with Gasteiger partial charge in [0, 0.05) is 36.0 Å². The van der Waals surface area contributed by atoms with Gasteiger partial charge in [0.25, 0.3) is 11.5 Å². The van der Waals surface area contributed by atoms with E-state index in [1.807, 2.05) is 6.07 Å². The van der Waals surface area contributed by atoms with E-state index in [1.165, 1.54) is 24.3 Å². The van der Waals surface area contributed by atoms with Crippen LogP contribution in [0.3, 0.4) is 0 Å². The van der Waals surface area contributed by atoms with Gasteiger partial charge in [0.2, 0.25) is 0 Å². The second kappa shape index (κ2) is 9.07. The summed E-state index contributed by atoms with van der Waals surface area (Å²) in [5.74, 6) is -0.380. The van der Waals surface area contributed by atoms with Crippen molar-refractivity contribution in [3.05, 3.63) is 81.5 Å². The second-order valence-electron chi connectivity index (χ2n) is 7.66. The summed E-state index contributed by atoms with van der Waals surface area (Å²) in [6, 6.07) is 8.69. The zero-order valence-electron chi connectivity index (χ0n) is 17.3. The molecule has 7 nitrogen and oxygen atoms in total.